The highest BCUT2D eigenvalue weighted by Crippen LogP contribution is 2.24. The van der Waals surface area contributed by atoms with E-state index in [9.17, 15) is 9.59 Å². The molecule has 2 aromatic carbocycles. The predicted molar refractivity (Wildman–Crippen MR) is 106 cm³/mol. The van der Waals surface area contributed by atoms with Gasteiger partial charge in [-0.25, -0.2) is 0 Å². The van der Waals surface area contributed by atoms with Crippen molar-refractivity contribution in [3.8, 4) is 0 Å². The van der Waals surface area contributed by atoms with Crippen molar-refractivity contribution >= 4 is 23.2 Å². The largest absolute Gasteiger partial charge is 0.330 e. The van der Waals surface area contributed by atoms with Crippen LogP contribution in [0, 0.1) is 5.92 Å². The number of amides is 2. The van der Waals surface area contributed by atoms with Gasteiger partial charge >= 0.3 is 0 Å². The molecule has 0 aliphatic heterocycles. The smallest absolute Gasteiger partial charge is 0.255 e. The van der Waals surface area contributed by atoms with Crippen molar-refractivity contribution in [2.45, 2.75) is 33.1 Å². The zero-order valence-corrected chi connectivity index (χ0v) is 15.8. The van der Waals surface area contributed by atoms with Gasteiger partial charge in [0.25, 0.3) is 5.91 Å². The number of hydrogen-bond donors (Lipinski definition) is 3. The summed E-state index contributed by atoms with van der Waals surface area (Å²) in [6, 6.07) is 14.7. The molecule has 1 atom stereocenters. The Kier molecular flexibility index (Phi) is 6.16. The van der Waals surface area contributed by atoms with Gasteiger partial charge in [-0.1, -0.05) is 52.0 Å². The van der Waals surface area contributed by atoms with E-state index in [4.69, 9.17) is 5.73 Å². The third-order valence-corrected chi connectivity index (χ3v) is 4.25. The minimum Gasteiger partial charge on any atom is -0.330 e. The number of rotatable bonds is 5. The molecule has 0 aromatic heterocycles. The van der Waals surface area contributed by atoms with Crippen LogP contribution in [0.3, 0.4) is 0 Å². The lowest BCUT2D eigenvalue weighted by Gasteiger charge is -2.19. The maximum absolute atomic E-state index is 12.6. The first kappa shape index (κ1) is 19.7. The molecule has 0 aliphatic rings. The second kappa shape index (κ2) is 8.15. The number of nitrogens with one attached hydrogen (secondary N) is 2. The Bertz CT molecular complexity index is 777. The van der Waals surface area contributed by atoms with Crippen LogP contribution in [-0.2, 0) is 10.2 Å². The van der Waals surface area contributed by atoms with Crippen molar-refractivity contribution in [1.29, 1.82) is 0 Å². The van der Waals surface area contributed by atoms with Gasteiger partial charge in [0.2, 0.25) is 5.91 Å². The monoisotopic (exact) mass is 353 g/mol. The average molecular weight is 353 g/mol. The highest BCUT2D eigenvalue weighted by molar-refractivity contribution is 6.07. The quantitative estimate of drug-likeness (QED) is 0.765. The molecule has 2 rings (SSSR count). The second-order valence-electron chi connectivity index (χ2n) is 7.45. The molecule has 2 aromatic rings. The molecule has 1 unspecified atom stereocenters. The van der Waals surface area contributed by atoms with E-state index in [1.54, 1.807) is 31.2 Å². The lowest BCUT2D eigenvalue weighted by atomic mass is 9.87. The van der Waals surface area contributed by atoms with Gasteiger partial charge in [0.15, 0.2) is 0 Å². The van der Waals surface area contributed by atoms with E-state index in [1.165, 1.54) is 0 Å². The van der Waals surface area contributed by atoms with E-state index in [0.29, 0.717) is 16.9 Å². The SMILES string of the molecule is CC(CN)C(=O)Nc1ccccc1NC(=O)c1ccc(C(C)(C)C)cc1. The molecular formula is C21H27N3O2. The summed E-state index contributed by atoms with van der Waals surface area (Å²) < 4.78 is 0. The Balaban J connectivity index is 2.15. The average Bonchev–Trinajstić information content (AvgIpc) is 2.61. The maximum atomic E-state index is 12.6. The number of nitrogens with two attached hydrogens (primary N) is 1. The van der Waals surface area contributed by atoms with Crippen LogP contribution < -0.4 is 16.4 Å². The Morgan fingerprint density at radius 2 is 1.50 bits per heavy atom. The van der Waals surface area contributed by atoms with Gasteiger partial charge in [-0.3, -0.25) is 9.59 Å². The van der Waals surface area contributed by atoms with E-state index in [-0.39, 0.29) is 29.7 Å². The Morgan fingerprint density at radius 3 is 2.00 bits per heavy atom. The molecule has 0 radical (unpaired) electrons. The third kappa shape index (κ3) is 4.92. The van der Waals surface area contributed by atoms with Crippen LogP contribution in [0.4, 0.5) is 11.4 Å². The van der Waals surface area contributed by atoms with Crippen LogP contribution in [0.25, 0.3) is 0 Å². The Hall–Kier alpha value is -2.66. The molecule has 5 heteroatoms. The van der Waals surface area contributed by atoms with E-state index in [0.717, 1.165) is 5.56 Å². The summed E-state index contributed by atoms with van der Waals surface area (Å²) in [4.78, 5) is 24.6. The molecule has 0 heterocycles. The third-order valence-electron chi connectivity index (χ3n) is 4.25. The molecule has 5 nitrogen and oxygen atoms in total. The fourth-order valence-corrected chi connectivity index (χ4v) is 2.38. The lowest BCUT2D eigenvalue weighted by molar-refractivity contribution is -0.119. The van der Waals surface area contributed by atoms with Gasteiger partial charge < -0.3 is 16.4 Å². The Labute approximate surface area is 155 Å². The fraction of sp³-hybridized carbons (Fsp3) is 0.333. The van der Waals surface area contributed by atoms with Crippen LogP contribution >= 0.6 is 0 Å². The highest BCUT2D eigenvalue weighted by Gasteiger charge is 2.16. The van der Waals surface area contributed by atoms with Crippen LogP contribution in [0.1, 0.15) is 43.6 Å². The van der Waals surface area contributed by atoms with Crippen LogP contribution in [0.2, 0.25) is 0 Å². The first-order valence-corrected chi connectivity index (χ1v) is 8.74. The van der Waals surface area contributed by atoms with Gasteiger partial charge in [0, 0.05) is 18.0 Å². The minimum atomic E-state index is -0.302. The van der Waals surface area contributed by atoms with Crippen LogP contribution in [0.15, 0.2) is 48.5 Å². The van der Waals surface area contributed by atoms with Crippen molar-refractivity contribution in [3.05, 3.63) is 59.7 Å². The summed E-state index contributed by atoms with van der Waals surface area (Å²) in [5, 5.41) is 5.68. The highest BCUT2D eigenvalue weighted by atomic mass is 16.2. The second-order valence-corrected chi connectivity index (χ2v) is 7.45. The van der Waals surface area contributed by atoms with Gasteiger partial charge in [-0.15, -0.1) is 0 Å². The zero-order valence-electron chi connectivity index (χ0n) is 15.8. The molecular weight excluding hydrogens is 326 g/mol. The summed E-state index contributed by atoms with van der Waals surface area (Å²) in [5.41, 5.74) is 8.40. The summed E-state index contributed by atoms with van der Waals surface area (Å²) >= 11 is 0. The van der Waals surface area contributed by atoms with E-state index in [1.807, 2.05) is 24.3 Å². The maximum Gasteiger partial charge on any atom is 0.255 e. The number of hydrogen-bond acceptors (Lipinski definition) is 3. The first-order chi connectivity index (χ1) is 12.2. The van der Waals surface area contributed by atoms with Crippen molar-refractivity contribution in [2.24, 2.45) is 11.7 Å². The van der Waals surface area contributed by atoms with Gasteiger partial charge in [0.1, 0.15) is 0 Å². The predicted octanol–water partition coefficient (Wildman–Crippen LogP) is 3.77. The number of carbonyl (C=O) groups excluding carboxylic acids is 2. The standard InChI is InChI=1S/C21H27N3O2/c1-14(13-22)19(25)23-17-7-5-6-8-18(17)24-20(26)15-9-11-16(12-10-15)21(2,3)4/h5-12,14H,13,22H2,1-4H3,(H,23,25)(H,24,26). The molecule has 26 heavy (non-hydrogen) atoms. The van der Waals surface area contributed by atoms with Crippen LogP contribution in [-0.4, -0.2) is 18.4 Å². The molecule has 0 bridgehead atoms. The van der Waals surface area contributed by atoms with E-state index in [2.05, 4.69) is 31.4 Å². The summed E-state index contributed by atoms with van der Waals surface area (Å²) in [6.45, 7) is 8.41. The van der Waals surface area contributed by atoms with Gasteiger partial charge in [0.05, 0.1) is 11.4 Å². The molecule has 4 N–H and O–H groups in total. The minimum absolute atomic E-state index is 0.0333. The fourth-order valence-electron chi connectivity index (χ4n) is 2.38. The number of carbonyl (C=O) groups is 2. The van der Waals surface area contributed by atoms with Crippen molar-refractivity contribution in [3.63, 3.8) is 0 Å². The van der Waals surface area contributed by atoms with Crippen molar-refractivity contribution < 1.29 is 9.59 Å². The molecule has 2 amide bonds. The van der Waals surface area contributed by atoms with Gasteiger partial charge in [-0.05, 0) is 35.2 Å². The molecule has 0 aliphatic carbocycles. The first-order valence-electron chi connectivity index (χ1n) is 8.74. The van der Waals surface area contributed by atoms with Gasteiger partial charge in [-0.2, -0.15) is 0 Å². The summed E-state index contributed by atoms with van der Waals surface area (Å²) in [6.07, 6.45) is 0. The summed E-state index contributed by atoms with van der Waals surface area (Å²) in [7, 11) is 0. The molecule has 0 saturated carbocycles. The Morgan fingerprint density at radius 1 is 0.962 bits per heavy atom. The lowest BCUT2D eigenvalue weighted by Crippen LogP contribution is -2.27. The van der Waals surface area contributed by atoms with Crippen molar-refractivity contribution in [2.75, 3.05) is 17.2 Å². The number of benzene rings is 2. The normalized spacial score (nSPS) is 12.3. The van der Waals surface area contributed by atoms with Crippen molar-refractivity contribution in [1.82, 2.24) is 0 Å². The number of anilines is 2. The van der Waals surface area contributed by atoms with E-state index >= 15 is 0 Å². The topological polar surface area (TPSA) is 84.2 Å². The molecule has 138 valence electrons. The van der Waals surface area contributed by atoms with E-state index < -0.39 is 0 Å². The zero-order chi connectivity index (χ0) is 19.3. The molecule has 0 spiro atoms. The molecule has 0 fully saturated rings. The molecule has 0 saturated heterocycles. The summed E-state index contributed by atoms with van der Waals surface area (Å²) in [5.74, 6) is -0.702. The van der Waals surface area contributed by atoms with Crippen LogP contribution in [0.5, 0.6) is 0 Å². The number of para-hydroxylation sites is 2.